The number of unbranched alkanes of at least 4 members (excludes halogenated alkanes) is 28. The average Bonchev–Trinajstić information content (AvgIpc) is 1.52. The van der Waals surface area contributed by atoms with E-state index < -0.39 is 5.41 Å². The molecule has 2 heterocycles. The third-order valence-corrected chi connectivity index (χ3v) is 35.4. The second kappa shape index (κ2) is 42.0. The van der Waals surface area contributed by atoms with Gasteiger partial charge in [-0.2, -0.15) is 0 Å². The molecule has 0 radical (unpaired) electrons. The fraction of sp³-hybridized carbons (Fsp3) is 0.396. The molecule has 5 aliphatic carbocycles. The van der Waals surface area contributed by atoms with Gasteiger partial charge in [0.2, 0.25) is 0 Å². The first kappa shape index (κ1) is 96.6. The fourth-order valence-corrected chi connectivity index (χ4v) is 27.8. The Morgan fingerprint density at radius 1 is 0.204 bits per heavy atom. The Bertz CT molecular complexity index is 7170. The van der Waals surface area contributed by atoms with Crippen LogP contribution in [0.2, 0.25) is 0 Å². The molecule has 3 nitrogen and oxygen atoms in total. The monoisotopic (exact) mass is 1870 g/mol. The summed E-state index contributed by atoms with van der Waals surface area (Å²) in [5.41, 5.74) is 45.2. The van der Waals surface area contributed by atoms with Crippen molar-refractivity contribution < 1.29 is 8.83 Å². The zero-order valence-electron chi connectivity index (χ0n) is 87.5. The molecule has 0 atom stereocenters. The SMILES string of the molecule is CCCCCCCCC1(CCCCCCCC)c2cc(N(c3ccc4c(c3)C(C)(C)c3cc(-c5ccc(-c6ccc7c(c6)C(C)(C)c6cc(-c8ccc9c(c8)C(CCCCCCC)(CCCCCCC)c8ccccc8-9)ccc6-7)cc5)c5oc6ccccc6c5c3-4)c3ccccc3-c3ccccc3)ccc2-c2cc3c(cc21)-c1c(ccc2oc4ccccc4c12)C3(CCCCCCCC)CCCCCCCC. The van der Waals surface area contributed by atoms with Crippen LogP contribution in [0.1, 0.15) is 382 Å². The summed E-state index contributed by atoms with van der Waals surface area (Å²) in [6.45, 7) is 24.1. The van der Waals surface area contributed by atoms with Gasteiger partial charge in [0.25, 0.3) is 0 Å². The Kier molecular flexibility index (Phi) is 28.6. The maximum Gasteiger partial charge on any atom is 0.143 e. The standard InChI is InChI=1S/C139H155NO2/c1-11-17-23-29-35-52-84-138(85-53-36-30-24-18-12-2)117-80-81-129-132(111-60-44-48-64-127(111)141-129)131(117)115-95-123-114(94-124(115)138)109-78-73-103(92-122(109)139(123,86-54-37-31-25-19-13-3)87-55-38-32-26-20-14-4)140(126-63-47-43-58-104(126)97-56-40-39-41-57-97)102-74-79-110-120(91-102)136(9,10)125-93-113(134-133(130(110)125)112-61-45-49-65-128(112)142-134)98-68-66-96(67-69-98)99-70-75-106-107-76-71-100(89-119(107)135(7,8)118(106)88-99)101-72-77-108-105-59-42-46-62-116(105)137(121(108)90-101,82-50-33-27-21-15-5)83-51-34-28-22-16-6/h39-49,56-81,88-95H,11-38,50-55,82-87H2,1-10H3. The number of nitrogens with zero attached hydrogens (tertiary/aromatic N) is 1. The number of benzene rings is 14. The summed E-state index contributed by atoms with van der Waals surface area (Å²) in [5.74, 6) is 0. The van der Waals surface area contributed by atoms with Gasteiger partial charge >= 0.3 is 0 Å². The summed E-state index contributed by atoms with van der Waals surface area (Å²) in [4.78, 5) is 2.69. The Morgan fingerprint density at radius 3 is 1.11 bits per heavy atom. The minimum atomic E-state index is -0.419. The third kappa shape index (κ3) is 17.6. The van der Waals surface area contributed by atoms with E-state index in [9.17, 15) is 0 Å². The number of anilines is 3. The number of hydrogen-bond acceptors (Lipinski definition) is 3. The van der Waals surface area contributed by atoms with Crippen molar-refractivity contribution in [3.63, 3.8) is 0 Å². The Hall–Kier alpha value is -11.5. The first-order chi connectivity index (χ1) is 69.7. The summed E-state index contributed by atoms with van der Waals surface area (Å²) in [6, 6.07) is 108. The van der Waals surface area contributed by atoms with Crippen LogP contribution in [0, 0.1) is 0 Å². The van der Waals surface area contributed by atoms with Crippen LogP contribution >= 0.6 is 0 Å². The molecule has 142 heavy (non-hydrogen) atoms. The van der Waals surface area contributed by atoms with E-state index in [2.05, 4.69) is 347 Å². The predicted molar refractivity (Wildman–Crippen MR) is 610 cm³/mol. The molecule has 0 saturated carbocycles. The van der Waals surface area contributed by atoms with Crippen LogP contribution < -0.4 is 4.90 Å². The summed E-state index contributed by atoms with van der Waals surface area (Å²) in [7, 11) is 0. The summed E-state index contributed by atoms with van der Waals surface area (Å²) in [5, 5.41) is 4.92. The summed E-state index contributed by atoms with van der Waals surface area (Å²) >= 11 is 0. The first-order valence-electron chi connectivity index (χ1n) is 56.7. The van der Waals surface area contributed by atoms with Gasteiger partial charge in [0.15, 0.2) is 0 Å². The molecule has 0 saturated heterocycles. The van der Waals surface area contributed by atoms with Gasteiger partial charge in [-0.1, -0.05) is 476 Å². The molecule has 5 aliphatic rings. The molecule has 3 heteroatoms. The quantitative estimate of drug-likeness (QED) is 0.0356. The highest BCUT2D eigenvalue weighted by Crippen LogP contribution is 2.66. The maximum absolute atomic E-state index is 7.32. The lowest BCUT2D eigenvalue weighted by Crippen LogP contribution is -2.27. The van der Waals surface area contributed by atoms with Crippen molar-refractivity contribution >= 4 is 60.9 Å². The van der Waals surface area contributed by atoms with E-state index in [0.717, 1.165) is 51.7 Å². The first-order valence-corrected chi connectivity index (χ1v) is 56.7. The molecule has 0 fully saturated rings. The fourth-order valence-electron chi connectivity index (χ4n) is 27.8. The van der Waals surface area contributed by atoms with E-state index in [1.54, 1.807) is 27.8 Å². The zero-order valence-corrected chi connectivity index (χ0v) is 87.5. The van der Waals surface area contributed by atoms with Crippen molar-refractivity contribution in [2.45, 2.75) is 353 Å². The van der Waals surface area contributed by atoms with E-state index in [1.807, 2.05) is 0 Å². The molecular formula is C139H155NO2. The molecular weight excluding hydrogens is 1720 g/mol. The van der Waals surface area contributed by atoms with Gasteiger partial charge in [-0.15, -0.1) is 0 Å². The highest BCUT2D eigenvalue weighted by molar-refractivity contribution is 6.19. The van der Waals surface area contributed by atoms with Gasteiger partial charge in [-0.05, 0) is 268 Å². The van der Waals surface area contributed by atoms with Gasteiger partial charge in [-0.25, -0.2) is 0 Å². The molecule has 0 spiro atoms. The van der Waals surface area contributed by atoms with Gasteiger partial charge in [0.05, 0.1) is 5.69 Å². The van der Waals surface area contributed by atoms with Gasteiger partial charge < -0.3 is 13.7 Å². The zero-order chi connectivity index (χ0) is 97.1. The Balaban J connectivity index is 0.657. The molecule has 0 unspecified atom stereocenters. The maximum atomic E-state index is 7.32. The number of para-hydroxylation sites is 3. The molecule has 14 aromatic carbocycles. The average molecular weight is 1870 g/mol. The highest BCUT2D eigenvalue weighted by atomic mass is 16.3. The summed E-state index contributed by atoms with van der Waals surface area (Å²) < 4.78 is 14.3. The largest absolute Gasteiger partial charge is 0.456 e. The second-order valence-corrected chi connectivity index (χ2v) is 45.0. The van der Waals surface area contributed by atoms with Crippen LogP contribution in [0.25, 0.3) is 144 Å². The smallest absolute Gasteiger partial charge is 0.143 e. The highest BCUT2D eigenvalue weighted by Gasteiger charge is 2.51. The van der Waals surface area contributed by atoms with E-state index in [4.69, 9.17) is 8.83 Å². The summed E-state index contributed by atoms with van der Waals surface area (Å²) in [6.07, 6.45) is 50.6. The minimum Gasteiger partial charge on any atom is -0.456 e. The van der Waals surface area contributed by atoms with Crippen LogP contribution in [0.5, 0.6) is 0 Å². The van der Waals surface area contributed by atoms with Crippen LogP contribution in [0.4, 0.5) is 17.1 Å². The van der Waals surface area contributed by atoms with E-state index in [1.165, 1.54) is 394 Å². The molecule has 728 valence electrons. The van der Waals surface area contributed by atoms with E-state index >= 15 is 0 Å². The van der Waals surface area contributed by atoms with Crippen LogP contribution in [-0.2, 0) is 27.1 Å². The lowest BCUT2D eigenvalue weighted by Gasteiger charge is -2.35. The van der Waals surface area contributed by atoms with Crippen molar-refractivity contribution in [2.24, 2.45) is 0 Å². The second-order valence-electron chi connectivity index (χ2n) is 45.0. The van der Waals surface area contributed by atoms with Crippen LogP contribution in [0.15, 0.2) is 282 Å². The topological polar surface area (TPSA) is 29.5 Å². The van der Waals surface area contributed by atoms with Crippen molar-refractivity contribution in [1.82, 2.24) is 0 Å². The number of fused-ring (bicyclic) bond motifs is 23. The molecule has 21 rings (SSSR count). The number of furan rings is 2. The van der Waals surface area contributed by atoms with Crippen molar-refractivity contribution in [3.05, 3.63) is 329 Å². The predicted octanol–water partition coefficient (Wildman–Crippen LogP) is 42.8. The minimum absolute atomic E-state index is 0.0368. The lowest BCUT2D eigenvalue weighted by molar-refractivity contribution is 0.394. The van der Waals surface area contributed by atoms with Crippen molar-refractivity contribution in [3.8, 4) is 100 Å². The van der Waals surface area contributed by atoms with Crippen molar-refractivity contribution in [2.75, 3.05) is 4.90 Å². The van der Waals surface area contributed by atoms with Gasteiger partial charge in [0, 0.05) is 71.1 Å². The van der Waals surface area contributed by atoms with E-state index in [0.29, 0.717) is 0 Å². The molecule has 0 N–H and O–H groups in total. The normalized spacial score (nSPS) is 14.7. The van der Waals surface area contributed by atoms with Crippen LogP contribution in [-0.4, -0.2) is 0 Å². The van der Waals surface area contributed by atoms with Gasteiger partial charge in [0.1, 0.15) is 22.3 Å². The van der Waals surface area contributed by atoms with Crippen LogP contribution in [0.3, 0.4) is 0 Å². The lowest BCUT2D eigenvalue weighted by atomic mass is 9.68. The molecule has 0 bridgehead atoms. The third-order valence-electron chi connectivity index (χ3n) is 35.4. The van der Waals surface area contributed by atoms with Gasteiger partial charge in [-0.3, -0.25) is 0 Å². The molecule has 0 aliphatic heterocycles. The number of hydrogen-bond donors (Lipinski definition) is 0. The number of rotatable bonds is 47. The van der Waals surface area contributed by atoms with Crippen molar-refractivity contribution in [1.29, 1.82) is 0 Å². The molecule has 0 amide bonds. The Morgan fingerprint density at radius 2 is 0.549 bits per heavy atom. The van der Waals surface area contributed by atoms with E-state index in [-0.39, 0.29) is 21.7 Å². The Labute approximate surface area is 850 Å². The molecule has 16 aromatic rings. The molecule has 2 aromatic heterocycles.